The average Bonchev–Trinajstić information content (AvgIpc) is 3.84. The van der Waals surface area contributed by atoms with Gasteiger partial charge in [0.25, 0.3) is 0 Å². The van der Waals surface area contributed by atoms with Crippen molar-refractivity contribution in [1.82, 2.24) is 0 Å². The van der Waals surface area contributed by atoms with Crippen LogP contribution in [0.25, 0.3) is 77.2 Å². The van der Waals surface area contributed by atoms with E-state index < -0.39 is 0 Å². The van der Waals surface area contributed by atoms with Crippen molar-refractivity contribution < 1.29 is 4.42 Å². The Labute approximate surface area is 370 Å². The third kappa shape index (κ3) is 6.07. The summed E-state index contributed by atoms with van der Waals surface area (Å²) in [7, 11) is 0. The van der Waals surface area contributed by atoms with Crippen LogP contribution >= 0.6 is 0 Å². The summed E-state index contributed by atoms with van der Waals surface area (Å²) in [6, 6.07) is 71.9. The van der Waals surface area contributed by atoms with Gasteiger partial charge in [0.05, 0.1) is 11.4 Å². The number of fused-ring (bicyclic) bond motifs is 7. The standard InChI is InChI=1S/C61H49NO/c1-61(2)53-31-10-6-25-52(53)59-50(29-17-32-54(59)61)47-23-8-12-34-56(47)62(43-38-36-41(37-39-43)45-27-16-30-51-48-24-9-13-35-57(48)63-60(45)51)55-33-11-7-22-46(55)49-28-15-21-42-20-14-26-44(58(42)49)40-18-4-3-5-19-40/h6-17,20-40H,3-5,18-19H2,1-2H3. The maximum absolute atomic E-state index is 6.54. The highest BCUT2D eigenvalue weighted by atomic mass is 16.3. The molecule has 0 amide bonds. The third-order valence-electron chi connectivity index (χ3n) is 14.3. The zero-order valence-electron chi connectivity index (χ0n) is 35.9. The van der Waals surface area contributed by atoms with Crippen LogP contribution in [0.2, 0.25) is 0 Å². The highest BCUT2D eigenvalue weighted by molar-refractivity contribution is 6.10. The summed E-state index contributed by atoms with van der Waals surface area (Å²) in [6.07, 6.45) is 6.45. The van der Waals surface area contributed by atoms with Gasteiger partial charge in [-0.25, -0.2) is 0 Å². The van der Waals surface area contributed by atoms with Crippen molar-refractivity contribution in [2.24, 2.45) is 0 Å². The normalized spacial score (nSPS) is 14.6. The molecule has 2 aliphatic carbocycles. The molecule has 0 radical (unpaired) electrons. The van der Waals surface area contributed by atoms with Crippen molar-refractivity contribution in [2.75, 3.05) is 4.90 Å². The van der Waals surface area contributed by atoms with Crippen LogP contribution in [0.4, 0.5) is 17.1 Å². The van der Waals surface area contributed by atoms with Crippen LogP contribution in [0.15, 0.2) is 199 Å². The molecule has 0 atom stereocenters. The summed E-state index contributed by atoms with van der Waals surface area (Å²) in [5, 5.41) is 4.98. The fourth-order valence-electron chi connectivity index (χ4n) is 11.3. The molecule has 9 aromatic carbocycles. The Bertz CT molecular complexity index is 3360. The molecule has 12 rings (SSSR count). The average molecular weight is 812 g/mol. The zero-order valence-corrected chi connectivity index (χ0v) is 35.9. The first-order chi connectivity index (χ1) is 31.0. The van der Waals surface area contributed by atoms with E-state index in [1.54, 1.807) is 0 Å². The smallest absolute Gasteiger partial charge is 0.143 e. The molecule has 2 heteroatoms. The molecular weight excluding hydrogens is 763 g/mol. The van der Waals surface area contributed by atoms with Crippen molar-refractivity contribution in [3.05, 3.63) is 211 Å². The summed E-state index contributed by atoms with van der Waals surface area (Å²) in [5.74, 6) is 0.573. The van der Waals surface area contributed by atoms with Crippen molar-refractivity contribution in [2.45, 2.75) is 57.3 Å². The van der Waals surface area contributed by atoms with Gasteiger partial charge in [0.2, 0.25) is 0 Å². The van der Waals surface area contributed by atoms with Gasteiger partial charge in [-0.15, -0.1) is 0 Å². The third-order valence-corrected chi connectivity index (χ3v) is 14.3. The van der Waals surface area contributed by atoms with Crippen molar-refractivity contribution in [3.63, 3.8) is 0 Å². The Morgan fingerprint density at radius 1 is 0.460 bits per heavy atom. The number of furan rings is 1. The monoisotopic (exact) mass is 811 g/mol. The van der Waals surface area contributed by atoms with E-state index in [4.69, 9.17) is 4.42 Å². The highest BCUT2D eigenvalue weighted by Crippen LogP contribution is 2.54. The minimum absolute atomic E-state index is 0.105. The first-order valence-electron chi connectivity index (χ1n) is 22.8. The second-order valence-electron chi connectivity index (χ2n) is 18.2. The van der Waals surface area contributed by atoms with E-state index in [-0.39, 0.29) is 5.41 Å². The van der Waals surface area contributed by atoms with E-state index >= 15 is 0 Å². The molecule has 2 aliphatic rings. The van der Waals surface area contributed by atoms with E-state index in [2.05, 4.69) is 207 Å². The van der Waals surface area contributed by atoms with Gasteiger partial charge in [-0.2, -0.15) is 0 Å². The van der Waals surface area contributed by atoms with Crippen molar-refractivity contribution in [3.8, 4) is 44.5 Å². The van der Waals surface area contributed by atoms with Gasteiger partial charge < -0.3 is 9.32 Å². The van der Waals surface area contributed by atoms with Gasteiger partial charge in [-0.1, -0.05) is 197 Å². The fourth-order valence-corrected chi connectivity index (χ4v) is 11.3. The van der Waals surface area contributed by atoms with Gasteiger partial charge in [0, 0.05) is 38.6 Å². The van der Waals surface area contributed by atoms with Gasteiger partial charge >= 0.3 is 0 Å². The van der Waals surface area contributed by atoms with Crippen LogP contribution in [0.5, 0.6) is 0 Å². The number of para-hydroxylation sites is 4. The minimum atomic E-state index is -0.105. The van der Waals surface area contributed by atoms with Gasteiger partial charge in [0.1, 0.15) is 11.2 Å². The number of hydrogen-bond donors (Lipinski definition) is 0. The molecule has 2 nitrogen and oxygen atoms in total. The number of hydrogen-bond acceptors (Lipinski definition) is 2. The lowest BCUT2D eigenvalue weighted by Gasteiger charge is -2.31. The molecule has 0 unspecified atom stereocenters. The second kappa shape index (κ2) is 15.0. The topological polar surface area (TPSA) is 16.4 Å². The Hall–Kier alpha value is -7.16. The van der Waals surface area contributed by atoms with E-state index in [1.807, 2.05) is 6.07 Å². The fraction of sp³-hybridized carbons (Fsp3) is 0.148. The molecule has 0 bridgehead atoms. The minimum Gasteiger partial charge on any atom is -0.455 e. The number of rotatable bonds is 7. The number of benzene rings is 9. The van der Waals surface area contributed by atoms with Crippen LogP contribution in [0.3, 0.4) is 0 Å². The molecule has 0 spiro atoms. The van der Waals surface area contributed by atoms with E-state index in [1.165, 1.54) is 92.9 Å². The molecule has 1 aromatic heterocycles. The molecule has 63 heavy (non-hydrogen) atoms. The molecule has 0 aliphatic heterocycles. The lowest BCUT2D eigenvalue weighted by atomic mass is 9.80. The van der Waals surface area contributed by atoms with Gasteiger partial charge in [0.15, 0.2) is 0 Å². The quantitative estimate of drug-likeness (QED) is 0.159. The predicted octanol–water partition coefficient (Wildman–Crippen LogP) is 17.6. The number of nitrogens with zero attached hydrogens (tertiary/aromatic N) is 1. The summed E-state index contributed by atoms with van der Waals surface area (Å²) in [5.41, 5.74) is 19.2. The SMILES string of the molecule is CC1(C)c2ccccc2-c2c(-c3ccccc3N(c3ccc(-c4cccc5c4oc4ccccc45)cc3)c3ccccc3-c3cccc4cccc(C5CCCCC5)c34)cccc21. The molecular formula is C61H49NO. The van der Waals surface area contributed by atoms with Crippen LogP contribution in [0, 0.1) is 0 Å². The maximum Gasteiger partial charge on any atom is 0.143 e. The Balaban J connectivity index is 1.08. The first-order valence-corrected chi connectivity index (χ1v) is 22.8. The molecule has 10 aromatic rings. The predicted molar refractivity (Wildman–Crippen MR) is 266 cm³/mol. The van der Waals surface area contributed by atoms with Crippen LogP contribution in [-0.2, 0) is 5.41 Å². The van der Waals surface area contributed by atoms with E-state index in [0.29, 0.717) is 5.92 Å². The largest absolute Gasteiger partial charge is 0.455 e. The van der Waals surface area contributed by atoms with Crippen molar-refractivity contribution in [1.29, 1.82) is 0 Å². The van der Waals surface area contributed by atoms with Crippen LogP contribution in [0.1, 0.15) is 68.6 Å². The maximum atomic E-state index is 6.54. The Morgan fingerprint density at radius 2 is 1.03 bits per heavy atom. The van der Waals surface area contributed by atoms with E-state index in [9.17, 15) is 0 Å². The molecule has 0 N–H and O–H groups in total. The zero-order chi connectivity index (χ0) is 42.1. The summed E-state index contributed by atoms with van der Waals surface area (Å²) in [4.78, 5) is 2.52. The van der Waals surface area contributed by atoms with Crippen LogP contribution in [-0.4, -0.2) is 0 Å². The van der Waals surface area contributed by atoms with Gasteiger partial charge in [-0.05, 0) is 104 Å². The lowest BCUT2D eigenvalue weighted by molar-refractivity contribution is 0.445. The van der Waals surface area contributed by atoms with E-state index in [0.717, 1.165) is 50.1 Å². The second-order valence-corrected chi connectivity index (χ2v) is 18.2. The molecule has 304 valence electrons. The summed E-state index contributed by atoms with van der Waals surface area (Å²) >= 11 is 0. The summed E-state index contributed by atoms with van der Waals surface area (Å²) < 4.78 is 6.54. The molecule has 1 saturated carbocycles. The molecule has 1 fully saturated rings. The first kappa shape index (κ1) is 37.6. The van der Waals surface area contributed by atoms with Gasteiger partial charge in [-0.3, -0.25) is 0 Å². The number of anilines is 3. The molecule has 0 saturated heterocycles. The van der Waals surface area contributed by atoms with Crippen LogP contribution < -0.4 is 4.90 Å². The Kier molecular flexibility index (Phi) is 8.97. The highest BCUT2D eigenvalue weighted by Gasteiger charge is 2.37. The lowest BCUT2D eigenvalue weighted by Crippen LogP contribution is -2.15. The Morgan fingerprint density at radius 3 is 1.83 bits per heavy atom. The molecule has 1 heterocycles. The summed E-state index contributed by atoms with van der Waals surface area (Å²) in [6.45, 7) is 4.74. The van der Waals surface area contributed by atoms with Crippen molar-refractivity contribution >= 4 is 49.8 Å².